The molecule has 0 aliphatic carbocycles. The van der Waals surface area contributed by atoms with Crippen molar-refractivity contribution in [1.82, 2.24) is 0 Å². The van der Waals surface area contributed by atoms with Crippen molar-refractivity contribution in [2.75, 3.05) is 18.6 Å². The quantitative estimate of drug-likeness (QED) is 0.641. The van der Waals surface area contributed by atoms with E-state index in [0.717, 1.165) is 0 Å². The van der Waals surface area contributed by atoms with Crippen molar-refractivity contribution in [1.29, 1.82) is 0 Å². The van der Waals surface area contributed by atoms with Crippen LogP contribution in [0.1, 0.15) is 20.0 Å². The number of nitrogens with zero attached hydrogens (tertiary/aromatic N) is 1. The van der Waals surface area contributed by atoms with Gasteiger partial charge < -0.3 is 4.74 Å². The zero-order valence-electron chi connectivity index (χ0n) is 11.2. The molecule has 0 radical (unpaired) electrons. The van der Waals surface area contributed by atoms with E-state index in [1.807, 2.05) is 0 Å². The average Bonchev–Trinajstić information content (AvgIpc) is 3.11. The van der Waals surface area contributed by atoms with E-state index >= 15 is 0 Å². The summed E-state index contributed by atoms with van der Waals surface area (Å²) >= 11 is 1.31. The van der Waals surface area contributed by atoms with Crippen LogP contribution in [0.2, 0.25) is 0 Å². The van der Waals surface area contributed by atoms with Gasteiger partial charge in [-0.15, -0.1) is 11.3 Å². The van der Waals surface area contributed by atoms with Crippen molar-refractivity contribution in [3.8, 4) is 5.75 Å². The lowest BCUT2D eigenvalue weighted by atomic mass is 10.1. The number of amides is 1. The number of ether oxygens (including phenoxy) is 1. The summed E-state index contributed by atoms with van der Waals surface area (Å²) in [6.45, 7) is -0.148. The third-order valence-corrected chi connectivity index (χ3v) is 4.19. The number of carbonyl (C=O) groups excluding carboxylic acids is 3. The number of hydrogen-bond donors (Lipinski definition) is 0. The van der Waals surface area contributed by atoms with Crippen molar-refractivity contribution >= 4 is 34.5 Å². The van der Waals surface area contributed by atoms with Crippen LogP contribution < -0.4 is 9.64 Å². The van der Waals surface area contributed by atoms with Gasteiger partial charge in [0.2, 0.25) is 0 Å². The van der Waals surface area contributed by atoms with Crippen molar-refractivity contribution in [2.45, 2.75) is 0 Å². The Balaban J connectivity index is 1.95. The van der Waals surface area contributed by atoms with E-state index in [-0.39, 0.29) is 12.3 Å². The van der Waals surface area contributed by atoms with Gasteiger partial charge >= 0.3 is 0 Å². The molecule has 0 saturated heterocycles. The predicted molar refractivity (Wildman–Crippen MR) is 78.3 cm³/mol. The molecule has 0 fully saturated rings. The normalized spacial score (nSPS) is 13.5. The molecule has 1 aromatic heterocycles. The second-order valence-corrected chi connectivity index (χ2v) is 5.45. The fourth-order valence-electron chi connectivity index (χ4n) is 2.22. The number of carbonyl (C=O) groups is 3. The van der Waals surface area contributed by atoms with Crippen molar-refractivity contribution in [2.24, 2.45) is 0 Å². The van der Waals surface area contributed by atoms with Crippen LogP contribution in [0.25, 0.3) is 0 Å². The number of rotatable bonds is 4. The Morgan fingerprint density at radius 2 is 2.10 bits per heavy atom. The van der Waals surface area contributed by atoms with Crippen LogP contribution in [-0.2, 0) is 4.79 Å². The fourth-order valence-corrected chi connectivity index (χ4v) is 2.87. The molecule has 1 aliphatic heterocycles. The van der Waals surface area contributed by atoms with Gasteiger partial charge in [-0.05, 0) is 23.6 Å². The first kappa shape index (κ1) is 13.5. The lowest BCUT2D eigenvalue weighted by molar-refractivity contribution is -0.114. The highest BCUT2D eigenvalue weighted by Gasteiger charge is 2.37. The minimum atomic E-state index is -0.678. The van der Waals surface area contributed by atoms with Crippen LogP contribution >= 0.6 is 11.3 Å². The molecule has 2 aromatic rings. The molecule has 0 atom stereocenters. The van der Waals surface area contributed by atoms with E-state index < -0.39 is 11.7 Å². The highest BCUT2D eigenvalue weighted by molar-refractivity contribution is 7.12. The molecule has 0 spiro atoms. The molecule has 106 valence electrons. The van der Waals surface area contributed by atoms with Gasteiger partial charge in [-0.1, -0.05) is 6.07 Å². The second-order valence-electron chi connectivity index (χ2n) is 4.50. The Bertz CT molecular complexity index is 736. The highest BCUT2D eigenvalue weighted by Crippen LogP contribution is 2.32. The molecular formula is C15H11NO4S. The first-order valence-corrected chi connectivity index (χ1v) is 7.10. The van der Waals surface area contributed by atoms with E-state index in [1.54, 1.807) is 35.7 Å². The molecule has 5 nitrogen and oxygen atoms in total. The van der Waals surface area contributed by atoms with Crippen LogP contribution in [0.3, 0.4) is 0 Å². The summed E-state index contributed by atoms with van der Waals surface area (Å²) in [5.41, 5.74) is 0.731. The number of thiophene rings is 1. The second kappa shape index (κ2) is 5.14. The minimum Gasteiger partial charge on any atom is -0.497 e. The number of Topliss-reactive ketones (excluding diaryl/α,β-unsaturated/α-hetero) is 2. The van der Waals surface area contributed by atoms with E-state index in [0.29, 0.717) is 21.9 Å². The summed E-state index contributed by atoms with van der Waals surface area (Å²) in [6, 6.07) is 8.23. The molecule has 2 heterocycles. The van der Waals surface area contributed by atoms with Crippen LogP contribution in [-0.4, -0.2) is 31.1 Å². The molecule has 3 rings (SSSR count). The standard InChI is InChI=1S/C15H11NO4S/c1-20-9-4-5-10-11(7-9)16(15(19)14(10)18)8-12(17)13-3-2-6-21-13/h2-7H,8H2,1H3. The van der Waals surface area contributed by atoms with Crippen molar-refractivity contribution in [3.63, 3.8) is 0 Å². The van der Waals surface area contributed by atoms with Crippen LogP contribution in [0.5, 0.6) is 5.75 Å². The summed E-state index contributed by atoms with van der Waals surface area (Å²) in [6.07, 6.45) is 0. The maximum atomic E-state index is 12.2. The number of benzene rings is 1. The van der Waals surface area contributed by atoms with Crippen LogP contribution in [0, 0.1) is 0 Å². The van der Waals surface area contributed by atoms with Crippen LogP contribution in [0.15, 0.2) is 35.7 Å². The van der Waals surface area contributed by atoms with E-state index in [4.69, 9.17) is 4.74 Å². The molecule has 1 aromatic carbocycles. The first-order chi connectivity index (χ1) is 10.1. The van der Waals surface area contributed by atoms with Crippen LogP contribution in [0.4, 0.5) is 5.69 Å². The fraction of sp³-hybridized carbons (Fsp3) is 0.133. The Kier molecular flexibility index (Phi) is 3.31. The summed E-state index contributed by atoms with van der Waals surface area (Å²) in [4.78, 5) is 37.9. The summed E-state index contributed by atoms with van der Waals surface area (Å²) in [7, 11) is 1.50. The molecule has 0 unspecified atom stereocenters. The van der Waals surface area contributed by atoms with E-state index in [9.17, 15) is 14.4 Å². The molecule has 1 amide bonds. The molecule has 21 heavy (non-hydrogen) atoms. The van der Waals surface area contributed by atoms with Gasteiger partial charge in [0.1, 0.15) is 5.75 Å². The van der Waals surface area contributed by atoms with E-state index in [2.05, 4.69) is 0 Å². The third-order valence-electron chi connectivity index (χ3n) is 3.28. The number of fused-ring (bicyclic) bond motifs is 1. The summed E-state index contributed by atoms with van der Waals surface area (Å²) < 4.78 is 5.10. The van der Waals surface area contributed by atoms with Crippen molar-refractivity contribution < 1.29 is 19.1 Å². The minimum absolute atomic E-state index is 0.148. The Hall–Kier alpha value is -2.47. The number of ketones is 2. The lowest BCUT2D eigenvalue weighted by Crippen LogP contribution is -2.34. The SMILES string of the molecule is COc1ccc2c(c1)N(CC(=O)c1cccs1)C(=O)C2=O. The molecule has 0 N–H and O–H groups in total. The number of hydrogen-bond acceptors (Lipinski definition) is 5. The Morgan fingerprint density at radius 1 is 1.29 bits per heavy atom. The van der Waals surface area contributed by atoms with Gasteiger partial charge in [0.25, 0.3) is 11.7 Å². The molecule has 0 saturated carbocycles. The van der Waals surface area contributed by atoms with Gasteiger partial charge in [-0.3, -0.25) is 19.3 Å². The maximum Gasteiger partial charge on any atom is 0.299 e. The molecule has 0 bridgehead atoms. The average molecular weight is 301 g/mol. The number of methoxy groups -OCH3 is 1. The van der Waals surface area contributed by atoms with Gasteiger partial charge in [0, 0.05) is 6.07 Å². The van der Waals surface area contributed by atoms with Gasteiger partial charge in [-0.2, -0.15) is 0 Å². The zero-order chi connectivity index (χ0) is 15.0. The third kappa shape index (κ3) is 2.23. The molecule has 6 heteroatoms. The molecular weight excluding hydrogens is 290 g/mol. The van der Waals surface area contributed by atoms with E-state index in [1.165, 1.54) is 23.3 Å². The predicted octanol–water partition coefficient (Wildman–Crippen LogP) is 2.17. The monoisotopic (exact) mass is 301 g/mol. The Morgan fingerprint density at radius 3 is 2.76 bits per heavy atom. The first-order valence-electron chi connectivity index (χ1n) is 6.22. The van der Waals surface area contributed by atoms with Crippen molar-refractivity contribution in [3.05, 3.63) is 46.2 Å². The van der Waals surface area contributed by atoms with Gasteiger partial charge in [-0.25, -0.2) is 0 Å². The van der Waals surface area contributed by atoms with Gasteiger partial charge in [0.15, 0.2) is 5.78 Å². The van der Waals surface area contributed by atoms with Gasteiger partial charge in [0.05, 0.1) is 29.8 Å². The highest BCUT2D eigenvalue weighted by atomic mass is 32.1. The lowest BCUT2D eigenvalue weighted by Gasteiger charge is -2.15. The summed E-state index contributed by atoms with van der Waals surface area (Å²) in [5, 5.41) is 1.79. The number of anilines is 1. The zero-order valence-corrected chi connectivity index (χ0v) is 12.0. The topological polar surface area (TPSA) is 63.7 Å². The maximum absolute atomic E-state index is 12.2. The smallest absolute Gasteiger partial charge is 0.299 e. The molecule has 1 aliphatic rings. The largest absolute Gasteiger partial charge is 0.497 e. The Labute approximate surface area is 124 Å². The summed E-state index contributed by atoms with van der Waals surface area (Å²) in [5.74, 6) is -0.929.